The molecular formula is C14H17N3O2S. The van der Waals surface area contributed by atoms with Crippen molar-refractivity contribution in [2.45, 2.75) is 6.92 Å². The van der Waals surface area contributed by atoms with Gasteiger partial charge in [0, 0.05) is 25.7 Å². The number of methoxy groups -OCH3 is 1. The summed E-state index contributed by atoms with van der Waals surface area (Å²) in [6, 6.07) is 5.91. The van der Waals surface area contributed by atoms with Gasteiger partial charge in [-0.25, -0.2) is 4.98 Å². The molecule has 0 bridgehead atoms. The number of hydrogen-bond donors (Lipinski definition) is 1. The minimum atomic E-state index is 0.0940. The third kappa shape index (κ3) is 2.31. The van der Waals surface area contributed by atoms with Gasteiger partial charge in [-0.1, -0.05) is 11.3 Å². The van der Waals surface area contributed by atoms with E-state index in [0.29, 0.717) is 6.54 Å². The summed E-state index contributed by atoms with van der Waals surface area (Å²) in [5.74, 6) is 1.06. The predicted molar refractivity (Wildman–Crippen MR) is 80.6 cm³/mol. The summed E-state index contributed by atoms with van der Waals surface area (Å²) in [6.45, 7) is 4.14. The van der Waals surface area contributed by atoms with Gasteiger partial charge in [-0.2, -0.15) is 0 Å². The van der Waals surface area contributed by atoms with Crippen molar-refractivity contribution in [3.05, 3.63) is 18.2 Å². The molecule has 2 heterocycles. The first-order valence-corrected chi connectivity index (χ1v) is 7.50. The average Bonchev–Trinajstić information content (AvgIpc) is 2.79. The number of rotatable bonds is 4. The number of benzene rings is 1. The van der Waals surface area contributed by atoms with Gasteiger partial charge in [-0.05, 0) is 19.1 Å². The fraction of sp³-hybridized carbons (Fsp3) is 0.429. The fourth-order valence-electron chi connectivity index (χ4n) is 2.28. The van der Waals surface area contributed by atoms with Crippen LogP contribution < -0.4 is 15.0 Å². The number of hydrogen-bond acceptors (Lipinski definition) is 5. The molecule has 0 spiro atoms. The maximum Gasteiger partial charge on any atom is 0.226 e. The lowest BCUT2D eigenvalue weighted by atomic mass is 10.0. The van der Waals surface area contributed by atoms with Crippen LogP contribution in [-0.4, -0.2) is 37.6 Å². The second kappa shape index (κ2) is 5.28. The van der Waals surface area contributed by atoms with Crippen LogP contribution in [0.3, 0.4) is 0 Å². The molecule has 0 radical (unpaired) electrons. The van der Waals surface area contributed by atoms with Crippen molar-refractivity contribution in [1.82, 2.24) is 10.3 Å². The quantitative estimate of drug-likeness (QED) is 0.934. The van der Waals surface area contributed by atoms with Crippen LogP contribution in [0.1, 0.15) is 6.92 Å². The standard InChI is InChI=1S/C14H17N3O2S/c1-3-15-13(18)9-7-17(8-9)14-16-11-6-10(19-2)4-5-12(11)20-14/h4-6,9H,3,7-8H2,1-2H3,(H,15,18). The largest absolute Gasteiger partial charge is 0.497 e. The lowest BCUT2D eigenvalue weighted by Crippen LogP contribution is -2.53. The van der Waals surface area contributed by atoms with Crippen molar-refractivity contribution in [2.24, 2.45) is 5.92 Å². The second-order valence-corrected chi connectivity index (χ2v) is 5.84. The highest BCUT2D eigenvalue weighted by molar-refractivity contribution is 7.22. The van der Waals surface area contributed by atoms with Crippen molar-refractivity contribution in [3.63, 3.8) is 0 Å². The molecule has 106 valence electrons. The lowest BCUT2D eigenvalue weighted by molar-refractivity contribution is -0.125. The summed E-state index contributed by atoms with van der Waals surface area (Å²) in [5, 5.41) is 3.84. The van der Waals surface area contributed by atoms with E-state index in [4.69, 9.17) is 4.74 Å². The minimum Gasteiger partial charge on any atom is -0.497 e. The lowest BCUT2D eigenvalue weighted by Gasteiger charge is -2.37. The first-order valence-electron chi connectivity index (χ1n) is 6.68. The Kier molecular flexibility index (Phi) is 3.48. The van der Waals surface area contributed by atoms with Crippen molar-refractivity contribution in [2.75, 3.05) is 31.6 Å². The third-order valence-electron chi connectivity index (χ3n) is 3.46. The molecule has 3 rings (SSSR count). The molecule has 1 fully saturated rings. The van der Waals surface area contributed by atoms with Crippen molar-refractivity contribution < 1.29 is 9.53 Å². The molecular weight excluding hydrogens is 274 g/mol. The molecule has 0 aliphatic carbocycles. The molecule has 1 aliphatic heterocycles. The monoisotopic (exact) mass is 291 g/mol. The fourth-order valence-corrected chi connectivity index (χ4v) is 3.24. The summed E-state index contributed by atoms with van der Waals surface area (Å²) in [6.07, 6.45) is 0. The highest BCUT2D eigenvalue weighted by Gasteiger charge is 2.33. The first kappa shape index (κ1) is 13.2. The van der Waals surface area contributed by atoms with E-state index in [1.807, 2.05) is 25.1 Å². The summed E-state index contributed by atoms with van der Waals surface area (Å²) in [5.41, 5.74) is 0.950. The van der Waals surface area contributed by atoms with Gasteiger partial charge in [-0.15, -0.1) is 0 Å². The third-order valence-corrected chi connectivity index (χ3v) is 4.55. The number of ether oxygens (including phenoxy) is 1. The number of aromatic nitrogens is 1. The Hall–Kier alpha value is -1.82. The molecule has 1 N–H and O–H groups in total. The van der Waals surface area contributed by atoms with Crippen molar-refractivity contribution in [3.8, 4) is 5.75 Å². The molecule has 5 nitrogen and oxygen atoms in total. The average molecular weight is 291 g/mol. The minimum absolute atomic E-state index is 0.0940. The van der Waals surface area contributed by atoms with Gasteiger partial charge in [0.1, 0.15) is 5.75 Å². The number of amides is 1. The summed E-state index contributed by atoms with van der Waals surface area (Å²) in [4.78, 5) is 18.5. The molecule has 1 aliphatic rings. The van der Waals surface area contributed by atoms with Crippen molar-refractivity contribution in [1.29, 1.82) is 0 Å². The van der Waals surface area contributed by atoms with Crippen LogP contribution in [0.4, 0.5) is 5.13 Å². The Balaban J connectivity index is 1.72. The predicted octanol–water partition coefficient (Wildman–Crippen LogP) is 1.88. The number of carbonyl (C=O) groups is 1. The molecule has 1 aromatic carbocycles. The Bertz CT molecular complexity index is 634. The van der Waals surface area contributed by atoms with E-state index in [1.54, 1.807) is 18.4 Å². The summed E-state index contributed by atoms with van der Waals surface area (Å²) in [7, 11) is 1.65. The van der Waals surface area contributed by atoms with Gasteiger partial charge in [0.25, 0.3) is 0 Å². The highest BCUT2D eigenvalue weighted by Crippen LogP contribution is 2.34. The molecule has 0 unspecified atom stereocenters. The van der Waals surface area contributed by atoms with E-state index >= 15 is 0 Å². The van der Waals surface area contributed by atoms with Crippen molar-refractivity contribution >= 4 is 32.6 Å². The van der Waals surface area contributed by atoms with E-state index < -0.39 is 0 Å². The SMILES string of the molecule is CCNC(=O)C1CN(c2nc3cc(OC)ccc3s2)C1. The Morgan fingerprint density at radius 1 is 1.55 bits per heavy atom. The normalized spacial score (nSPS) is 15.2. The van der Waals surface area contributed by atoms with Gasteiger partial charge in [0.2, 0.25) is 5.91 Å². The molecule has 1 amide bonds. The molecule has 0 saturated carbocycles. The van der Waals surface area contributed by atoms with E-state index in [-0.39, 0.29) is 11.8 Å². The van der Waals surface area contributed by atoms with Crippen LogP contribution in [0.2, 0.25) is 0 Å². The number of fused-ring (bicyclic) bond motifs is 1. The number of nitrogens with one attached hydrogen (secondary N) is 1. The molecule has 1 aromatic heterocycles. The zero-order chi connectivity index (χ0) is 14.1. The van der Waals surface area contributed by atoms with E-state index in [0.717, 1.165) is 34.2 Å². The number of carbonyl (C=O) groups excluding carboxylic acids is 1. The van der Waals surface area contributed by atoms with E-state index in [2.05, 4.69) is 15.2 Å². The molecule has 20 heavy (non-hydrogen) atoms. The molecule has 6 heteroatoms. The molecule has 1 saturated heterocycles. The number of nitrogens with zero attached hydrogens (tertiary/aromatic N) is 2. The second-order valence-electron chi connectivity index (χ2n) is 4.83. The highest BCUT2D eigenvalue weighted by atomic mass is 32.1. The smallest absolute Gasteiger partial charge is 0.226 e. The zero-order valence-corrected chi connectivity index (χ0v) is 12.4. The number of thiazole rings is 1. The van der Waals surface area contributed by atoms with Gasteiger partial charge in [0.05, 0.1) is 23.2 Å². The summed E-state index contributed by atoms with van der Waals surface area (Å²) >= 11 is 1.66. The maximum absolute atomic E-state index is 11.7. The Labute approximate surface area is 121 Å². The van der Waals surface area contributed by atoms with Gasteiger partial charge < -0.3 is 15.0 Å². The summed E-state index contributed by atoms with van der Waals surface area (Å²) < 4.78 is 6.35. The Morgan fingerprint density at radius 3 is 3.05 bits per heavy atom. The topological polar surface area (TPSA) is 54.5 Å². The van der Waals surface area contributed by atoms with Crippen LogP contribution in [0.25, 0.3) is 10.2 Å². The number of anilines is 1. The zero-order valence-electron chi connectivity index (χ0n) is 11.5. The van der Waals surface area contributed by atoms with Crippen LogP contribution in [0.5, 0.6) is 5.75 Å². The molecule has 0 atom stereocenters. The van der Waals surface area contributed by atoms with Crippen LogP contribution >= 0.6 is 11.3 Å². The van der Waals surface area contributed by atoms with Crippen LogP contribution in [0, 0.1) is 5.92 Å². The maximum atomic E-state index is 11.7. The van der Waals surface area contributed by atoms with Crippen LogP contribution in [-0.2, 0) is 4.79 Å². The molecule has 2 aromatic rings. The van der Waals surface area contributed by atoms with E-state index in [1.165, 1.54) is 0 Å². The van der Waals surface area contributed by atoms with Gasteiger partial charge in [-0.3, -0.25) is 4.79 Å². The van der Waals surface area contributed by atoms with Crippen LogP contribution in [0.15, 0.2) is 18.2 Å². The first-order chi connectivity index (χ1) is 9.71. The van der Waals surface area contributed by atoms with Gasteiger partial charge in [0.15, 0.2) is 5.13 Å². The van der Waals surface area contributed by atoms with E-state index in [9.17, 15) is 4.79 Å². The Morgan fingerprint density at radius 2 is 2.35 bits per heavy atom. The van der Waals surface area contributed by atoms with Gasteiger partial charge >= 0.3 is 0 Å².